The molecule has 6 heteroatoms. The molecule has 1 aliphatic rings. The van der Waals surface area contributed by atoms with Crippen molar-refractivity contribution < 1.29 is 4.74 Å². The van der Waals surface area contributed by atoms with E-state index in [1.165, 1.54) is 30.8 Å². The fourth-order valence-electron chi connectivity index (χ4n) is 2.94. The van der Waals surface area contributed by atoms with Crippen molar-refractivity contribution >= 4 is 17.3 Å². The van der Waals surface area contributed by atoms with Crippen LogP contribution in [-0.4, -0.2) is 57.3 Å². The van der Waals surface area contributed by atoms with Crippen molar-refractivity contribution in [3.05, 3.63) is 22.4 Å². The second kappa shape index (κ2) is 11.4. The maximum absolute atomic E-state index is 5.08. The van der Waals surface area contributed by atoms with Crippen LogP contribution < -0.4 is 10.6 Å². The van der Waals surface area contributed by atoms with E-state index in [1.807, 2.05) is 11.3 Å². The van der Waals surface area contributed by atoms with Crippen LogP contribution in [0, 0.1) is 5.92 Å². The van der Waals surface area contributed by atoms with Gasteiger partial charge in [-0.1, -0.05) is 6.07 Å². The molecule has 1 fully saturated rings. The number of piperidine rings is 1. The summed E-state index contributed by atoms with van der Waals surface area (Å²) in [5, 5.41) is 8.88. The van der Waals surface area contributed by atoms with Crippen LogP contribution in [0.1, 0.15) is 31.1 Å². The number of rotatable bonds is 9. The molecular weight excluding hydrogens is 320 g/mol. The number of aliphatic imine (C=N–C) groups is 1. The predicted octanol–water partition coefficient (Wildman–Crippen LogP) is 2.55. The number of hydrogen-bond acceptors (Lipinski definition) is 4. The molecular formula is C18H32N4OS. The van der Waals surface area contributed by atoms with E-state index in [1.54, 1.807) is 7.11 Å². The highest BCUT2D eigenvalue weighted by Crippen LogP contribution is 2.20. The third-order valence-electron chi connectivity index (χ3n) is 4.34. The summed E-state index contributed by atoms with van der Waals surface area (Å²) in [7, 11) is 1.74. The van der Waals surface area contributed by atoms with Crippen LogP contribution in [0.4, 0.5) is 0 Å². The molecule has 0 amide bonds. The normalized spacial score (nSPS) is 17.2. The van der Waals surface area contributed by atoms with Crippen LogP contribution >= 0.6 is 11.3 Å². The number of methoxy groups -OCH3 is 1. The van der Waals surface area contributed by atoms with Gasteiger partial charge < -0.3 is 15.4 Å². The van der Waals surface area contributed by atoms with Gasteiger partial charge in [0.25, 0.3) is 0 Å². The van der Waals surface area contributed by atoms with Crippen LogP contribution in [-0.2, 0) is 11.3 Å². The lowest BCUT2D eigenvalue weighted by molar-refractivity contribution is 0.182. The van der Waals surface area contributed by atoms with E-state index < -0.39 is 0 Å². The van der Waals surface area contributed by atoms with E-state index in [0.29, 0.717) is 5.92 Å². The highest BCUT2D eigenvalue weighted by molar-refractivity contribution is 7.09. The zero-order chi connectivity index (χ0) is 17.0. The van der Waals surface area contributed by atoms with Gasteiger partial charge in [0.1, 0.15) is 0 Å². The predicted molar refractivity (Wildman–Crippen MR) is 103 cm³/mol. The number of hydrogen-bond donors (Lipinski definition) is 2. The third kappa shape index (κ3) is 7.20. The molecule has 0 unspecified atom stereocenters. The van der Waals surface area contributed by atoms with Crippen molar-refractivity contribution in [2.24, 2.45) is 10.9 Å². The van der Waals surface area contributed by atoms with Crippen molar-refractivity contribution in [1.82, 2.24) is 15.5 Å². The van der Waals surface area contributed by atoms with Gasteiger partial charge in [-0.3, -0.25) is 9.89 Å². The largest absolute Gasteiger partial charge is 0.385 e. The molecule has 0 bridgehead atoms. The van der Waals surface area contributed by atoms with E-state index in [-0.39, 0.29) is 0 Å². The van der Waals surface area contributed by atoms with Crippen LogP contribution in [0.25, 0.3) is 0 Å². The number of guanidine groups is 1. The van der Waals surface area contributed by atoms with Gasteiger partial charge in [-0.05, 0) is 56.6 Å². The molecule has 0 aliphatic carbocycles. The van der Waals surface area contributed by atoms with Gasteiger partial charge in [0.2, 0.25) is 0 Å². The van der Waals surface area contributed by atoms with Gasteiger partial charge in [-0.15, -0.1) is 11.3 Å². The monoisotopic (exact) mass is 352 g/mol. The zero-order valence-corrected chi connectivity index (χ0v) is 15.9. The zero-order valence-electron chi connectivity index (χ0n) is 15.1. The second-order valence-corrected chi connectivity index (χ2v) is 7.32. The number of likely N-dealkylation sites (tertiary alicyclic amines) is 1. The van der Waals surface area contributed by atoms with Crippen LogP contribution in [0.3, 0.4) is 0 Å². The molecule has 0 saturated carbocycles. The number of nitrogens with one attached hydrogen (secondary N) is 2. The Hall–Kier alpha value is -1.11. The Kier molecular flexibility index (Phi) is 9.16. The Bertz CT molecular complexity index is 456. The van der Waals surface area contributed by atoms with Crippen LogP contribution in [0.2, 0.25) is 0 Å². The lowest BCUT2D eigenvalue weighted by Crippen LogP contribution is -2.39. The van der Waals surface area contributed by atoms with Crippen molar-refractivity contribution in [3.8, 4) is 0 Å². The van der Waals surface area contributed by atoms with E-state index in [9.17, 15) is 0 Å². The van der Waals surface area contributed by atoms with Crippen LogP contribution in [0.15, 0.2) is 22.5 Å². The van der Waals surface area contributed by atoms with Crippen molar-refractivity contribution in [2.45, 2.75) is 32.7 Å². The molecule has 1 saturated heterocycles. The minimum absolute atomic E-state index is 0.707. The summed E-state index contributed by atoms with van der Waals surface area (Å²) in [6, 6.07) is 4.38. The Balaban J connectivity index is 1.68. The topological polar surface area (TPSA) is 48.9 Å². The minimum Gasteiger partial charge on any atom is -0.385 e. The maximum Gasteiger partial charge on any atom is 0.191 e. The van der Waals surface area contributed by atoms with Gasteiger partial charge in [0.15, 0.2) is 5.96 Å². The smallest absolute Gasteiger partial charge is 0.191 e. The average Bonchev–Trinajstić information content (AvgIpc) is 3.11. The second-order valence-electron chi connectivity index (χ2n) is 6.29. The standard InChI is InChI=1S/C18H32N4OS/c1-3-19-18(20-9-5-12-23-2)21-14-16-7-10-22(11-8-16)15-17-6-4-13-24-17/h4,6,13,16H,3,5,7-12,14-15H2,1-2H3,(H2,19,20,21). The summed E-state index contributed by atoms with van der Waals surface area (Å²) in [4.78, 5) is 8.82. The lowest BCUT2D eigenvalue weighted by Gasteiger charge is -2.31. The third-order valence-corrected chi connectivity index (χ3v) is 5.20. The molecule has 2 heterocycles. The maximum atomic E-state index is 5.08. The first-order valence-electron chi connectivity index (χ1n) is 9.07. The van der Waals surface area contributed by atoms with Crippen molar-refractivity contribution in [1.29, 1.82) is 0 Å². The number of thiophene rings is 1. The Morgan fingerprint density at radius 2 is 2.21 bits per heavy atom. The molecule has 0 aromatic carbocycles. The van der Waals surface area contributed by atoms with E-state index >= 15 is 0 Å². The average molecular weight is 353 g/mol. The van der Waals surface area contributed by atoms with Crippen molar-refractivity contribution in [2.75, 3.05) is 46.4 Å². The highest BCUT2D eigenvalue weighted by Gasteiger charge is 2.19. The summed E-state index contributed by atoms with van der Waals surface area (Å²) in [5.41, 5.74) is 0. The summed E-state index contributed by atoms with van der Waals surface area (Å²) in [5.74, 6) is 1.65. The molecule has 0 atom stereocenters. The minimum atomic E-state index is 0.707. The van der Waals surface area contributed by atoms with Crippen LogP contribution in [0.5, 0.6) is 0 Å². The number of nitrogens with zero attached hydrogens (tertiary/aromatic N) is 2. The van der Waals surface area contributed by atoms with E-state index in [2.05, 4.69) is 40.0 Å². The van der Waals surface area contributed by atoms with Gasteiger partial charge in [0.05, 0.1) is 0 Å². The van der Waals surface area contributed by atoms with Gasteiger partial charge in [-0.25, -0.2) is 0 Å². The Morgan fingerprint density at radius 1 is 1.38 bits per heavy atom. The van der Waals surface area contributed by atoms with Crippen molar-refractivity contribution in [3.63, 3.8) is 0 Å². The molecule has 2 N–H and O–H groups in total. The molecule has 2 rings (SSSR count). The van der Waals surface area contributed by atoms with Gasteiger partial charge >= 0.3 is 0 Å². The summed E-state index contributed by atoms with van der Waals surface area (Å²) >= 11 is 1.86. The first-order chi connectivity index (χ1) is 11.8. The molecule has 0 radical (unpaired) electrons. The molecule has 136 valence electrons. The first kappa shape index (κ1) is 19.2. The number of ether oxygens (including phenoxy) is 1. The lowest BCUT2D eigenvalue weighted by atomic mass is 9.97. The summed E-state index contributed by atoms with van der Waals surface area (Å²) < 4.78 is 5.08. The molecule has 1 aromatic heterocycles. The van der Waals surface area contributed by atoms with E-state index in [4.69, 9.17) is 9.73 Å². The summed E-state index contributed by atoms with van der Waals surface area (Å²) in [6.45, 7) is 9.11. The van der Waals surface area contributed by atoms with E-state index in [0.717, 1.165) is 45.2 Å². The fourth-order valence-corrected chi connectivity index (χ4v) is 3.68. The molecule has 24 heavy (non-hydrogen) atoms. The summed E-state index contributed by atoms with van der Waals surface area (Å²) in [6.07, 6.45) is 3.50. The molecule has 0 spiro atoms. The quantitative estimate of drug-likeness (QED) is 0.407. The first-order valence-corrected chi connectivity index (χ1v) is 9.95. The molecule has 1 aliphatic heterocycles. The highest BCUT2D eigenvalue weighted by atomic mass is 32.1. The van der Waals surface area contributed by atoms with Gasteiger partial charge in [-0.2, -0.15) is 0 Å². The fraction of sp³-hybridized carbons (Fsp3) is 0.722. The molecule has 5 nitrogen and oxygen atoms in total. The SMILES string of the molecule is CCNC(=NCC1CCN(Cc2cccs2)CC1)NCCCOC. The van der Waals surface area contributed by atoms with Gasteiger partial charge in [0, 0.05) is 44.8 Å². The Labute approximate surface area is 150 Å². The Morgan fingerprint density at radius 3 is 2.88 bits per heavy atom. The molecule has 1 aromatic rings.